The average Bonchev–Trinajstić information content (AvgIpc) is 2.72. The largest absolute Gasteiger partial charge is 0.412 e. The van der Waals surface area contributed by atoms with Crippen molar-refractivity contribution in [1.29, 1.82) is 0 Å². The molecule has 0 aliphatic rings. The number of aromatic nitrogens is 2. The molecule has 8 heteroatoms. The summed E-state index contributed by atoms with van der Waals surface area (Å²) in [5.74, 6) is -0.480. The second-order valence-electron chi connectivity index (χ2n) is 5.67. The zero-order chi connectivity index (χ0) is 18.2. The minimum atomic E-state index is -0.240. The predicted octanol–water partition coefficient (Wildman–Crippen LogP) is 0.687. The first kappa shape index (κ1) is 22.4. The second kappa shape index (κ2) is 11.2. The molecule has 0 radical (unpaired) electrons. The van der Waals surface area contributed by atoms with Gasteiger partial charge in [0.15, 0.2) is 0 Å². The Morgan fingerprint density at radius 1 is 0.714 bits per heavy atom. The Morgan fingerprint density at radius 3 is 1.57 bits per heavy atom. The van der Waals surface area contributed by atoms with Gasteiger partial charge in [0.05, 0.1) is 0 Å². The molecule has 3 rings (SSSR count). The standard InChI is InChI=1S/C20H18N4O2.2H2O/c25-19(23-13-15-4-2-8-21-11-15)17-6-1-7-18(10-17)20(26)24-14-16-5-3-9-22-12-16;;/h1-12H,13-14H2,(H,23,25)(H,24,26);2*1H2. The van der Waals surface area contributed by atoms with Gasteiger partial charge in [-0.2, -0.15) is 0 Å². The molecular weight excluding hydrogens is 360 g/mol. The highest BCUT2D eigenvalue weighted by molar-refractivity contribution is 5.99. The van der Waals surface area contributed by atoms with E-state index in [1.807, 2.05) is 24.3 Å². The highest BCUT2D eigenvalue weighted by Crippen LogP contribution is 2.07. The zero-order valence-electron chi connectivity index (χ0n) is 15.1. The van der Waals surface area contributed by atoms with Crippen LogP contribution >= 0.6 is 0 Å². The number of hydrogen-bond donors (Lipinski definition) is 2. The summed E-state index contributed by atoms with van der Waals surface area (Å²) in [6.07, 6.45) is 6.75. The van der Waals surface area contributed by atoms with E-state index < -0.39 is 0 Å². The van der Waals surface area contributed by atoms with E-state index in [0.29, 0.717) is 24.2 Å². The van der Waals surface area contributed by atoms with Crippen LogP contribution in [0.25, 0.3) is 0 Å². The van der Waals surface area contributed by atoms with Gasteiger partial charge in [0.25, 0.3) is 11.8 Å². The van der Waals surface area contributed by atoms with E-state index >= 15 is 0 Å². The normalized spacial score (nSPS) is 9.43. The Kier molecular flexibility index (Phi) is 8.94. The number of pyridine rings is 2. The molecule has 0 bridgehead atoms. The fourth-order valence-corrected chi connectivity index (χ4v) is 2.38. The van der Waals surface area contributed by atoms with Crippen molar-refractivity contribution >= 4 is 11.8 Å². The lowest BCUT2D eigenvalue weighted by atomic mass is 10.1. The number of nitrogens with one attached hydrogen (secondary N) is 2. The minimum Gasteiger partial charge on any atom is -0.412 e. The summed E-state index contributed by atoms with van der Waals surface area (Å²) in [5.41, 5.74) is 2.68. The topological polar surface area (TPSA) is 147 Å². The van der Waals surface area contributed by atoms with Gasteiger partial charge < -0.3 is 21.6 Å². The van der Waals surface area contributed by atoms with Crippen molar-refractivity contribution in [2.24, 2.45) is 0 Å². The van der Waals surface area contributed by atoms with Gasteiger partial charge in [-0.15, -0.1) is 0 Å². The molecule has 0 saturated carbocycles. The third kappa shape index (κ3) is 6.27. The maximum Gasteiger partial charge on any atom is 0.251 e. The number of carbonyl (C=O) groups is 2. The van der Waals surface area contributed by atoms with E-state index in [2.05, 4.69) is 20.6 Å². The zero-order valence-corrected chi connectivity index (χ0v) is 15.1. The fraction of sp³-hybridized carbons (Fsp3) is 0.100. The van der Waals surface area contributed by atoms with Crippen molar-refractivity contribution in [2.45, 2.75) is 13.1 Å². The molecule has 0 saturated heterocycles. The second-order valence-corrected chi connectivity index (χ2v) is 5.67. The lowest BCUT2D eigenvalue weighted by Gasteiger charge is -2.08. The highest BCUT2D eigenvalue weighted by atomic mass is 16.2. The highest BCUT2D eigenvalue weighted by Gasteiger charge is 2.10. The van der Waals surface area contributed by atoms with Crippen LogP contribution in [0.4, 0.5) is 0 Å². The number of nitrogens with zero attached hydrogens (tertiary/aromatic N) is 2. The van der Waals surface area contributed by atoms with E-state index in [4.69, 9.17) is 0 Å². The van der Waals surface area contributed by atoms with Crippen molar-refractivity contribution in [3.05, 3.63) is 95.6 Å². The van der Waals surface area contributed by atoms with Crippen LogP contribution in [-0.2, 0) is 13.1 Å². The molecule has 2 aromatic heterocycles. The lowest BCUT2D eigenvalue weighted by Crippen LogP contribution is -2.25. The maximum absolute atomic E-state index is 12.3. The third-order valence-corrected chi connectivity index (χ3v) is 3.74. The number of amides is 2. The van der Waals surface area contributed by atoms with E-state index in [1.165, 1.54) is 0 Å². The van der Waals surface area contributed by atoms with Gasteiger partial charge in [-0.05, 0) is 41.5 Å². The summed E-state index contributed by atoms with van der Waals surface area (Å²) in [5, 5.41) is 5.64. The Labute approximate surface area is 162 Å². The van der Waals surface area contributed by atoms with Gasteiger partial charge in [0, 0.05) is 49.0 Å². The van der Waals surface area contributed by atoms with Crippen LogP contribution in [-0.4, -0.2) is 32.7 Å². The summed E-state index contributed by atoms with van der Waals surface area (Å²) in [4.78, 5) is 32.6. The number of rotatable bonds is 6. The number of carbonyl (C=O) groups excluding carboxylic acids is 2. The molecule has 0 spiro atoms. The molecule has 6 N–H and O–H groups in total. The van der Waals surface area contributed by atoms with Crippen LogP contribution in [0.3, 0.4) is 0 Å². The van der Waals surface area contributed by atoms with E-state index in [0.717, 1.165) is 11.1 Å². The molecule has 2 amide bonds. The summed E-state index contributed by atoms with van der Waals surface area (Å²) >= 11 is 0. The number of benzene rings is 1. The minimum absolute atomic E-state index is 0. The summed E-state index contributed by atoms with van der Waals surface area (Å²) < 4.78 is 0. The molecule has 2 heterocycles. The molecule has 0 fully saturated rings. The molecule has 0 aliphatic heterocycles. The van der Waals surface area contributed by atoms with Crippen molar-refractivity contribution in [1.82, 2.24) is 20.6 Å². The van der Waals surface area contributed by atoms with Crippen molar-refractivity contribution < 1.29 is 20.5 Å². The number of hydrogen-bond acceptors (Lipinski definition) is 4. The van der Waals surface area contributed by atoms with Gasteiger partial charge >= 0.3 is 0 Å². The van der Waals surface area contributed by atoms with Gasteiger partial charge in [0.1, 0.15) is 0 Å². The van der Waals surface area contributed by atoms with Crippen molar-refractivity contribution in [3.63, 3.8) is 0 Å². The predicted molar refractivity (Wildman–Crippen MR) is 104 cm³/mol. The monoisotopic (exact) mass is 382 g/mol. The van der Waals surface area contributed by atoms with Crippen LogP contribution in [0.1, 0.15) is 31.8 Å². The van der Waals surface area contributed by atoms with Crippen LogP contribution in [0.2, 0.25) is 0 Å². The Bertz CT molecular complexity index is 818. The quantitative estimate of drug-likeness (QED) is 0.645. The molecule has 0 unspecified atom stereocenters. The fourth-order valence-electron chi connectivity index (χ4n) is 2.38. The molecule has 146 valence electrons. The Morgan fingerprint density at radius 2 is 1.18 bits per heavy atom. The smallest absolute Gasteiger partial charge is 0.251 e. The SMILES string of the molecule is O.O.O=C(NCc1cccnc1)c1cccc(C(=O)NCc2cccnc2)c1. The van der Waals surface area contributed by atoms with Gasteiger partial charge in [-0.3, -0.25) is 19.6 Å². The Balaban J connectivity index is 0.00000196. The molecule has 3 aromatic rings. The van der Waals surface area contributed by atoms with Crippen LogP contribution in [0.5, 0.6) is 0 Å². The summed E-state index contributed by atoms with van der Waals surface area (Å²) in [6, 6.07) is 14.0. The summed E-state index contributed by atoms with van der Waals surface area (Å²) in [7, 11) is 0. The first-order chi connectivity index (χ1) is 12.7. The van der Waals surface area contributed by atoms with Crippen molar-refractivity contribution in [3.8, 4) is 0 Å². The molecule has 8 nitrogen and oxygen atoms in total. The molecule has 1 aromatic carbocycles. The van der Waals surface area contributed by atoms with E-state index in [-0.39, 0.29) is 22.8 Å². The Hall–Kier alpha value is -3.62. The van der Waals surface area contributed by atoms with Gasteiger partial charge in [-0.1, -0.05) is 18.2 Å². The van der Waals surface area contributed by atoms with E-state index in [9.17, 15) is 9.59 Å². The van der Waals surface area contributed by atoms with Gasteiger partial charge in [-0.25, -0.2) is 0 Å². The van der Waals surface area contributed by atoms with Gasteiger partial charge in [0.2, 0.25) is 0 Å². The molecule has 28 heavy (non-hydrogen) atoms. The molecule has 0 atom stereocenters. The first-order valence-corrected chi connectivity index (χ1v) is 8.16. The summed E-state index contributed by atoms with van der Waals surface area (Å²) in [6.45, 7) is 0.758. The van der Waals surface area contributed by atoms with E-state index in [1.54, 1.807) is 49.1 Å². The molecule has 0 aliphatic carbocycles. The average molecular weight is 382 g/mol. The third-order valence-electron chi connectivity index (χ3n) is 3.74. The maximum atomic E-state index is 12.3. The van der Waals surface area contributed by atoms with Crippen molar-refractivity contribution in [2.75, 3.05) is 0 Å². The lowest BCUT2D eigenvalue weighted by molar-refractivity contribution is 0.0950. The first-order valence-electron chi connectivity index (χ1n) is 8.16. The van der Waals surface area contributed by atoms with Crippen LogP contribution < -0.4 is 10.6 Å². The molecular formula is C20H22N4O4. The van der Waals surface area contributed by atoms with Crippen LogP contribution in [0, 0.1) is 0 Å². The van der Waals surface area contributed by atoms with Crippen LogP contribution in [0.15, 0.2) is 73.3 Å².